The molecule has 0 fully saturated rings. The molecule has 0 saturated heterocycles. The van der Waals surface area contributed by atoms with Crippen molar-refractivity contribution in [3.05, 3.63) is 166 Å². The van der Waals surface area contributed by atoms with Crippen LogP contribution in [0.15, 0.2) is 127 Å². The van der Waals surface area contributed by atoms with Gasteiger partial charge in [-0.2, -0.15) is 0 Å². The molecule has 6 aromatic carbocycles. The molecule has 6 rings (SSSR count). The fraction of sp³-hybridized carbons (Fsp3) is 0.345. The lowest BCUT2D eigenvalue weighted by Gasteiger charge is -2.28. The lowest BCUT2D eigenvalue weighted by atomic mass is 9.77. The van der Waals surface area contributed by atoms with Gasteiger partial charge in [0.15, 0.2) is 0 Å². The van der Waals surface area contributed by atoms with Crippen molar-refractivity contribution in [2.45, 2.75) is 124 Å². The second kappa shape index (κ2) is 16.3. The van der Waals surface area contributed by atoms with Crippen LogP contribution in [0.3, 0.4) is 0 Å². The topological polar surface area (TPSA) is 43.7 Å². The summed E-state index contributed by atoms with van der Waals surface area (Å²) in [6.45, 7) is 28.4. The van der Waals surface area contributed by atoms with Crippen LogP contribution in [0.25, 0.3) is 33.4 Å². The monoisotopic (exact) mass is 772 g/mol. The predicted octanol–water partition coefficient (Wildman–Crippen LogP) is 14.5. The lowest BCUT2D eigenvalue weighted by molar-refractivity contribution is 0.248. The molecule has 0 unspecified atom stereocenters. The fourth-order valence-electron chi connectivity index (χ4n) is 7.87. The standard InChI is InChI=1S/C55H65NO2/c1-52(2,3)46-30-44(31-47(50(46)57)53(4,5)6)42-26-20-38(21-27-42)35-56(34-37-18-24-41(25-19-37)40-16-14-13-15-17-40)36-39-22-28-43(29-23-39)45-32-48(54(7,8)9)51(58)49(33-45)55(10,11)12/h13-33,57-58H,34-36H2,1-12H3. The molecule has 0 aliphatic carbocycles. The van der Waals surface area contributed by atoms with E-state index in [4.69, 9.17) is 0 Å². The van der Waals surface area contributed by atoms with E-state index in [2.05, 4.69) is 215 Å². The van der Waals surface area contributed by atoms with Gasteiger partial charge in [0, 0.05) is 41.9 Å². The maximum absolute atomic E-state index is 11.3. The molecule has 0 saturated carbocycles. The van der Waals surface area contributed by atoms with E-state index in [1.54, 1.807) is 0 Å². The molecular weight excluding hydrogens is 707 g/mol. The van der Waals surface area contributed by atoms with Crippen LogP contribution in [0, 0.1) is 0 Å². The van der Waals surface area contributed by atoms with Crippen LogP contribution in [-0.2, 0) is 41.3 Å². The van der Waals surface area contributed by atoms with Crippen LogP contribution in [0.4, 0.5) is 0 Å². The molecule has 0 bridgehead atoms. The average molecular weight is 772 g/mol. The first-order valence-corrected chi connectivity index (χ1v) is 20.9. The van der Waals surface area contributed by atoms with Gasteiger partial charge < -0.3 is 10.2 Å². The number of benzene rings is 6. The van der Waals surface area contributed by atoms with Gasteiger partial charge in [-0.15, -0.1) is 0 Å². The molecule has 0 aliphatic heterocycles. The van der Waals surface area contributed by atoms with Gasteiger partial charge in [-0.05, 0) is 96.0 Å². The third-order valence-electron chi connectivity index (χ3n) is 11.3. The summed E-state index contributed by atoms with van der Waals surface area (Å²) in [5, 5.41) is 22.7. The van der Waals surface area contributed by atoms with Crippen molar-refractivity contribution >= 4 is 0 Å². The molecule has 6 aromatic rings. The van der Waals surface area contributed by atoms with Crippen LogP contribution in [-0.4, -0.2) is 15.1 Å². The fourth-order valence-corrected chi connectivity index (χ4v) is 7.87. The van der Waals surface area contributed by atoms with Crippen molar-refractivity contribution in [1.82, 2.24) is 4.90 Å². The zero-order valence-electron chi connectivity index (χ0n) is 37.1. The van der Waals surface area contributed by atoms with Gasteiger partial charge >= 0.3 is 0 Å². The Hall–Kier alpha value is -5.12. The molecule has 0 aromatic heterocycles. The SMILES string of the molecule is CC(C)(C)c1cc(-c2ccc(CN(Cc3ccc(-c4ccccc4)cc3)Cc3ccc(-c4cc(C(C)(C)C)c(O)c(C(C)(C)C)c4)cc3)cc2)cc(C(C)(C)C)c1O. The quantitative estimate of drug-likeness (QED) is 0.154. The number of phenolic OH excluding ortho intramolecular Hbond substituents is 2. The first kappa shape index (κ1) is 42.5. The van der Waals surface area contributed by atoms with E-state index in [1.165, 1.54) is 27.8 Å². The minimum atomic E-state index is -0.188. The molecular formula is C55H65NO2. The summed E-state index contributed by atoms with van der Waals surface area (Å²) in [7, 11) is 0. The van der Waals surface area contributed by atoms with E-state index >= 15 is 0 Å². The van der Waals surface area contributed by atoms with Gasteiger partial charge in [-0.1, -0.05) is 186 Å². The molecule has 2 N–H and O–H groups in total. The van der Waals surface area contributed by atoms with Crippen LogP contribution >= 0.6 is 0 Å². The lowest BCUT2D eigenvalue weighted by Crippen LogP contribution is -2.22. The smallest absolute Gasteiger partial charge is 0.123 e. The van der Waals surface area contributed by atoms with Crippen molar-refractivity contribution in [3.63, 3.8) is 0 Å². The Labute approximate surface area is 349 Å². The number of hydrogen-bond acceptors (Lipinski definition) is 3. The average Bonchev–Trinajstić information content (AvgIpc) is 3.14. The summed E-state index contributed by atoms with van der Waals surface area (Å²) in [5.74, 6) is 0.821. The molecule has 302 valence electrons. The molecule has 3 heteroatoms. The van der Waals surface area contributed by atoms with Crippen molar-refractivity contribution < 1.29 is 10.2 Å². The maximum Gasteiger partial charge on any atom is 0.123 e. The summed E-state index contributed by atoms with van der Waals surface area (Å²) in [5.41, 5.74) is 13.9. The Bertz CT molecular complexity index is 2130. The highest BCUT2D eigenvalue weighted by Gasteiger charge is 2.28. The van der Waals surface area contributed by atoms with Crippen LogP contribution < -0.4 is 0 Å². The number of phenols is 2. The molecule has 3 nitrogen and oxygen atoms in total. The molecule has 0 atom stereocenters. The van der Waals surface area contributed by atoms with E-state index in [9.17, 15) is 10.2 Å². The Morgan fingerprint density at radius 3 is 0.828 bits per heavy atom. The molecule has 0 aliphatic rings. The minimum Gasteiger partial charge on any atom is -0.507 e. The largest absolute Gasteiger partial charge is 0.507 e. The maximum atomic E-state index is 11.3. The summed E-state index contributed by atoms with van der Waals surface area (Å²) < 4.78 is 0. The molecule has 0 spiro atoms. The molecule has 0 amide bonds. The van der Waals surface area contributed by atoms with Gasteiger partial charge in [-0.25, -0.2) is 0 Å². The van der Waals surface area contributed by atoms with E-state index in [-0.39, 0.29) is 21.7 Å². The highest BCUT2D eigenvalue weighted by molar-refractivity contribution is 5.71. The minimum absolute atomic E-state index is 0.188. The van der Waals surface area contributed by atoms with Gasteiger partial charge in [0.2, 0.25) is 0 Å². The second-order valence-corrected chi connectivity index (χ2v) is 20.4. The molecule has 58 heavy (non-hydrogen) atoms. The Morgan fingerprint density at radius 2 is 0.569 bits per heavy atom. The van der Waals surface area contributed by atoms with Crippen molar-refractivity contribution in [1.29, 1.82) is 0 Å². The summed E-state index contributed by atoms with van der Waals surface area (Å²) in [4.78, 5) is 2.52. The van der Waals surface area contributed by atoms with Gasteiger partial charge in [0.1, 0.15) is 11.5 Å². The summed E-state index contributed by atoms with van der Waals surface area (Å²) in [6.07, 6.45) is 0. The number of aromatic hydroxyl groups is 2. The van der Waals surface area contributed by atoms with Gasteiger partial charge in [0.25, 0.3) is 0 Å². The number of rotatable bonds is 9. The molecule has 0 heterocycles. The zero-order valence-corrected chi connectivity index (χ0v) is 37.1. The third kappa shape index (κ3) is 9.93. The van der Waals surface area contributed by atoms with Gasteiger partial charge in [0.05, 0.1) is 0 Å². The van der Waals surface area contributed by atoms with E-state index in [1.807, 2.05) is 0 Å². The number of nitrogens with zero attached hydrogens (tertiary/aromatic N) is 1. The third-order valence-corrected chi connectivity index (χ3v) is 11.3. The second-order valence-electron chi connectivity index (χ2n) is 20.4. The van der Waals surface area contributed by atoms with Crippen molar-refractivity contribution in [2.75, 3.05) is 0 Å². The highest BCUT2D eigenvalue weighted by atomic mass is 16.3. The van der Waals surface area contributed by atoms with Gasteiger partial charge in [-0.3, -0.25) is 4.90 Å². The van der Waals surface area contributed by atoms with E-state index in [0.717, 1.165) is 64.1 Å². The zero-order chi connectivity index (χ0) is 42.2. The summed E-state index contributed by atoms with van der Waals surface area (Å²) in [6, 6.07) is 46.2. The Kier molecular flexibility index (Phi) is 11.9. The Morgan fingerprint density at radius 1 is 0.328 bits per heavy atom. The highest BCUT2D eigenvalue weighted by Crippen LogP contribution is 2.43. The summed E-state index contributed by atoms with van der Waals surface area (Å²) >= 11 is 0. The first-order valence-electron chi connectivity index (χ1n) is 20.9. The Balaban J connectivity index is 1.30. The van der Waals surface area contributed by atoms with Crippen molar-refractivity contribution in [3.8, 4) is 44.9 Å². The van der Waals surface area contributed by atoms with Crippen molar-refractivity contribution in [2.24, 2.45) is 0 Å². The van der Waals surface area contributed by atoms with Crippen LogP contribution in [0.1, 0.15) is 122 Å². The predicted molar refractivity (Wildman–Crippen MR) is 247 cm³/mol. The first-order chi connectivity index (χ1) is 27.1. The van der Waals surface area contributed by atoms with E-state index < -0.39 is 0 Å². The molecule has 0 radical (unpaired) electrons. The van der Waals surface area contributed by atoms with Crippen LogP contribution in [0.5, 0.6) is 11.5 Å². The van der Waals surface area contributed by atoms with Crippen LogP contribution in [0.2, 0.25) is 0 Å². The van der Waals surface area contributed by atoms with E-state index in [0.29, 0.717) is 11.5 Å². The number of hydrogen-bond donors (Lipinski definition) is 2. The normalized spacial score (nSPS) is 12.6.